The number of nitrogens with two attached hydrogens (primary N) is 1. The number of fused-ring (bicyclic) bond motifs is 1. The Labute approximate surface area is 120 Å². The van der Waals surface area contributed by atoms with E-state index in [1.165, 1.54) is 0 Å². The lowest BCUT2D eigenvalue weighted by Crippen LogP contribution is -2.28. The van der Waals surface area contributed by atoms with E-state index in [0.717, 1.165) is 36.2 Å². The highest BCUT2D eigenvalue weighted by Crippen LogP contribution is 2.27. The molecule has 1 heterocycles. The van der Waals surface area contributed by atoms with Crippen LogP contribution in [0.3, 0.4) is 0 Å². The van der Waals surface area contributed by atoms with E-state index in [-0.39, 0.29) is 6.10 Å². The monoisotopic (exact) mass is 276 g/mol. The van der Waals surface area contributed by atoms with Gasteiger partial charge in [0.2, 0.25) is 0 Å². The minimum Gasteiger partial charge on any atom is -0.493 e. The molecule has 0 spiro atoms. The standard InChI is InChI=1S/C16H24N2O2/c1-3-10-20-16-7-5-6-15-14(16)8-9-18(15)12-13(11-17)19-4-2/h5-9,13H,3-4,10-12,17H2,1-2H3. The van der Waals surface area contributed by atoms with Crippen molar-refractivity contribution in [2.45, 2.75) is 32.9 Å². The fraction of sp³-hybridized carbons (Fsp3) is 0.500. The number of hydrogen-bond donors (Lipinski definition) is 1. The summed E-state index contributed by atoms with van der Waals surface area (Å²) in [5.41, 5.74) is 6.92. The van der Waals surface area contributed by atoms with Gasteiger partial charge in [-0.15, -0.1) is 0 Å². The highest BCUT2D eigenvalue weighted by atomic mass is 16.5. The molecule has 20 heavy (non-hydrogen) atoms. The highest BCUT2D eigenvalue weighted by Gasteiger charge is 2.11. The van der Waals surface area contributed by atoms with Crippen LogP contribution in [0, 0.1) is 0 Å². The van der Waals surface area contributed by atoms with Gasteiger partial charge in [-0.05, 0) is 31.5 Å². The second-order valence-corrected chi connectivity index (χ2v) is 4.82. The average Bonchev–Trinajstić information content (AvgIpc) is 2.88. The van der Waals surface area contributed by atoms with E-state index < -0.39 is 0 Å². The van der Waals surface area contributed by atoms with E-state index in [1.807, 2.05) is 19.1 Å². The first-order valence-electron chi connectivity index (χ1n) is 7.32. The normalized spacial score (nSPS) is 12.8. The summed E-state index contributed by atoms with van der Waals surface area (Å²) in [6.45, 7) is 6.83. The second-order valence-electron chi connectivity index (χ2n) is 4.82. The van der Waals surface area contributed by atoms with Crippen LogP contribution in [0.2, 0.25) is 0 Å². The Balaban J connectivity index is 2.23. The molecular formula is C16H24N2O2. The molecule has 0 aliphatic rings. The first-order chi connectivity index (χ1) is 9.80. The Hall–Kier alpha value is -1.52. The number of aromatic nitrogens is 1. The molecule has 0 radical (unpaired) electrons. The Morgan fingerprint density at radius 2 is 2.10 bits per heavy atom. The molecule has 110 valence electrons. The highest BCUT2D eigenvalue weighted by molar-refractivity contribution is 5.86. The van der Waals surface area contributed by atoms with Crippen LogP contribution < -0.4 is 10.5 Å². The van der Waals surface area contributed by atoms with Gasteiger partial charge in [0.15, 0.2) is 0 Å². The Morgan fingerprint density at radius 3 is 2.80 bits per heavy atom. The zero-order chi connectivity index (χ0) is 14.4. The van der Waals surface area contributed by atoms with Gasteiger partial charge in [-0.25, -0.2) is 0 Å². The molecule has 0 saturated carbocycles. The molecule has 0 bridgehead atoms. The number of benzene rings is 1. The van der Waals surface area contributed by atoms with Crippen molar-refractivity contribution < 1.29 is 9.47 Å². The maximum Gasteiger partial charge on any atom is 0.128 e. The molecule has 4 heteroatoms. The van der Waals surface area contributed by atoms with Crippen LogP contribution >= 0.6 is 0 Å². The summed E-state index contributed by atoms with van der Waals surface area (Å²) < 4.78 is 13.6. The zero-order valence-electron chi connectivity index (χ0n) is 12.3. The summed E-state index contributed by atoms with van der Waals surface area (Å²) in [6, 6.07) is 8.25. The van der Waals surface area contributed by atoms with Gasteiger partial charge < -0.3 is 19.8 Å². The predicted octanol–water partition coefficient (Wildman–Crippen LogP) is 2.79. The topological polar surface area (TPSA) is 49.4 Å². The van der Waals surface area contributed by atoms with Crippen molar-refractivity contribution in [3.63, 3.8) is 0 Å². The van der Waals surface area contributed by atoms with Gasteiger partial charge in [-0.3, -0.25) is 0 Å². The third kappa shape index (κ3) is 3.32. The van der Waals surface area contributed by atoms with E-state index in [1.54, 1.807) is 0 Å². The fourth-order valence-electron chi connectivity index (χ4n) is 2.34. The average molecular weight is 276 g/mol. The van der Waals surface area contributed by atoms with E-state index >= 15 is 0 Å². The summed E-state index contributed by atoms with van der Waals surface area (Å²) in [5.74, 6) is 0.948. The number of hydrogen-bond acceptors (Lipinski definition) is 3. The van der Waals surface area contributed by atoms with E-state index in [9.17, 15) is 0 Å². The van der Waals surface area contributed by atoms with Crippen LogP contribution in [-0.2, 0) is 11.3 Å². The molecule has 0 aliphatic heterocycles. The van der Waals surface area contributed by atoms with Crippen LogP contribution in [0.15, 0.2) is 30.5 Å². The third-order valence-corrected chi connectivity index (χ3v) is 3.30. The molecule has 2 N–H and O–H groups in total. The smallest absolute Gasteiger partial charge is 0.128 e. The van der Waals surface area contributed by atoms with Gasteiger partial charge in [-0.2, -0.15) is 0 Å². The van der Waals surface area contributed by atoms with E-state index in [0.29, 0.717) is 13.2 Å². The predicted molar refractivity (Wildman–Crippen MR) is 82.2 cm³/mol. The molecular weight excluding hydrogens is 252 g/mol. The van der Waals surface area contributed by atoms with Crippen molar-refractivity contribution in [2.75, 3.05) is 19.8 Å². The SMILES string of the molecule is CCCOc1cccc2c1ccn2CC(CN)OCC. The van der Waals surface area contributed by atoms with Gasteiger partial charge in [0.1, 0.15) is 5.75 Å². The minimum absolute atomic E-state index is 0.0517. The van der Waals surface area contributed by atoms with Crippen LogP contribution in [0.4, 0.5) is 0 Å². The van der Waals surface area contributed by atoms with Crippen LogP contribution in [0.25, 0.3) is 10.9 Å². The molecule has 1 atom stereocenters. The van der Waals surface area contributed by atoms with Crippen molar-refractivity contribution in [2.24, 2.45) is 5.73 Å². The van der Waals surface area contributed by atoms with Gasteiger partial charge in [0, 0.05) is 24.7 Å². The quantitative estimate of drug-likeness (QED) is 0.806. The molecule has 0 fully saturated rings. The van der Waals surface area contributed by atoms with Crippen molar-refractivity contribution in [1.29, 1.82) is 0 Å². The van der Waals surface area contributed by atoms with Crippen LogP contribution in [0.5, 0.6) is 5.75 Å². The van der Waals surface area contributed by atoms with Crippen LogP contribution in [0.1, 0.15) is 20.3 Å². The molecule has 0 amide bonds. The summed E-state index contributed by atoms with van der Waals surface area (Å²) >= 11 is 0. The van der Waals surface area contributed by atoms with Crippen molar-refractivity contribution >= 4 is 10.9 Å². The van der Waals surface area contributed by atoms with Gasteiger partial charge in [-0.1, -0.05) is 13.0 Å². The molecule has 1 aromatic heterocycles. The Kier molecular flexibility index (Phi) is 5.44. The second kappa shape index (κ2) is 7.31. The lowest BCUT2D eigenvalue weighted by molar-refractivity contribution is 0.0576. The summed E-state index contributed by atoms with van der Waals surface area (Å²) in [7, 11) is 0. The maximum atomic E-state index is 5.79. The number of nitrogens with zero attached hydrogens (tertiary/aromatic N) is 1. The number of rotatable bonds is 8. The fourth-order valence-corrected chi connectivity index (χ4v) is 2.34. The summed E-state index contributed by atoms with van der Waals surface area (Å²) in [4.78, 5) is 0. The van der Waals surface area contributed by atoms with Gasteiger partial charge in [0.25, 0.3) is 0 Å². The molecule has 1 aromatic carbocycles. The molecule has 0 saturated heterocycles. The van der Waals surface area contributed by atoms with Gasteiger partial charge in [0.05, 0.1) is 24.8 Å². The minimum atomic E-state index is 0.0517. The third-order valence-electron chi connectivity index (χ3n) is 3.30. The van der Waals surface area contributed by atoms with Crippen molar-refractivity contribution in [3.05, 3.63) is 30.5 Å². The van der Waals surface area contributed by atoms with E-state index in [4.69, 9.17) is 15.2 Å². The summed E-state index contributed by atoms with van der Waals surface area (Å²) in [6.07, 6.45) is 3.14. The molecule has 4 nitrogen and oxygen atoms in total. The van der Waals surface area contributed by atoms with Crippen molar-refractivity contribution in [1.82, 2.24) is 4.57 Å². The Bertz CT molecular complexity index is 536. The molecule has 1 unspecified atom stereocenters. The molecule has 0 aliphatic carbocycles. The van der Waals surface area contributed by atoms with Crippen LogP contribution in [-0.4, -0.2) is 30.4 Å². The first-order valence-corrected chi connectivity index (χ1v) is 7.32. The van der Waals surface area contributed by atoms with E-state index in [2.05, 4.69) is 29.8 Å². The largest absolute Gasteiger partial charge is 0.493 e. The first kappa shape index (κ1) is 14.9. The lowest BCUT2D eigenvalue weighted by atomic mass is 10.2. The summed E-state index contributed by atoms with van der Waals surface area (Å²) in [5, 5.41) is 1.15. The van der Waals surface area contributed by atoms with Crippen molar-refractivity contribution in [3.8, 4) is 5.75 Å². The maximum absolute atomic E-state index is 5.79. The number of ether oxygens (including phenoxy) is 2. The zero-order valence-corrected chi connectivity index (χ0v) is 12.3. The lowest BCUT2D eigenvalue weighted by Gasteiger charge is -2.16. The van der Waals surface area contributed by atoms with Gasteiger partial charge >= 0.3 is 0 Å². The Morgan fingerprint density at radius 1 is 1.25 bits per heavy atom. The molecule has 2 aromatic rings. The molecule has 2 rings (SSSR count).